The number of hydrogen-bond donors (Lipinski definition) is 1. The molecule has 37 heavy (non-hydrogen) atoms. The van der Waals surface area contributed by atoms with E-state index in [2.05, 4.69) is 5.32 Å². The Kier molecular flexibility index (Phi) is 7.26. The van der Waals surface area contributed by atoms with Crippen LogP contribution < -0.4 is 15.5 Å². The number of halogens is 5. The molecule has 0 aliphatic heterocycles. The topological polar surface area (TPSA) is 68.5 Å². The number of hydrogen-bond acceptors (Lipinski definition) is 4. The molecule has 5 nitrogen and oxygen atoms in total. The molecule has 4 rings (SSSR count). The molecule has 0 fully saturated rings. The van der Waals surface area contributed by atoms with Crippen LogP contribution in [-0.2, 0) is 11.0 Å². The van der Waals surface area contributed by atoms with Gasteiger partial charge in [-0.15, -0.1) is 0 Å². The molecule has 192 valence electrons. The minimum atomic E-state index is -4.63. The number of alkyl halides is 3. The van der Waals surface area contributed by atoms with Crippen LogP contribution in [0.1, 0.15) is 23.6 Å². The van der Waals surface area contributed by atoms with Crippen LogP contribution in [0.5, 0.6) is 5.75 Å². The van der Waals surface area contributed by atoms with Gasteiger partial charge >= 0.3 is 6.18 Å². The summed E-state index contributed by atoms with van der Waals surface area (Å²) in [4.78, 5) is 26.3. The first-order chi connectivity index (χ1) is 17.3. The molecule has 0 saturated carbocycles. The number of benzene rings is 3. The molecule has 3 aromatic carbocycles. The Labute approximate surface area is 219 Å². The number of rotatable bonds is 5. The zero-order valence-electron chi connectivity index (χ0n) is 19.8. The first-order valence-corrected chi connectivity index (χ1v) is 11.8. The second-order valence-corrected chi connectivity index (χ2v) is 9.31. The second-order valence-electron chi connectivity index (χ2n) is 8.49. The zero-order chi connectivity index (χ0) is 27.1. The molecule has 1 heterocycles. The molecule has 1 atom stereocenters. The van der Waals surface area contributed by atoms with Crippen molar-refractivity contribution in [2.24, 2.45) is 0 Å². The number of nitrogens with one attached hydrogen (secondary N) is 1. The maximum atomic E-state index is 13.5. The van der Waals surface area contributed by atoms with Crippen LogP contribution in [0.2, 0.25) is 10.0 Å². The van der Waals surface area contributed by atoms with Crippen molar-refractivity contribution in [3.8, 4) is 17.1 Å². The van der Waals surface area contributed by atoms with Gasteiger partial charge in [0.25, 0.3) is 5.91 Å². The van der Waals surface area contributed by atoms with Crippen molar-refractivity contribution in [1.29, 1.82) is 0 Å². The average Bonchev–Trinajstić information content (AvgIpc) is 2.83. The predicted octanol–water partition coefficient (Wildman–Crippen LogP) is 7.81. The van der Waals surface area contributed by atoms with Crippen molar-refractivity contribution < 1.29 is 27.1 Å². The van der Waals surface area contributed by atoms with Crippen molar-refractivity contribution in [3.63, 3.8) is 0 Å². The standard InChI is InChI=1S/C27H20Cl2F3NO4/c1-13-4-6-16(7-5-13)24-25(23(34)18-12-20(29)14(2)10-22(18)37-24)36-15(3)26(35)33-21-11-17(27(30,31)32)8-9-19(21)28/h4-12,15H,1-3H3,(H,33,35). The Hall–Kier alpha value is -3.49. The van der Waals surface area contributed by atoms with Crippen LogP contribution in [0.25, 0.3) is 22.3 Å². The highest BCUT2D eigenvalue weighted by Crippen LogP contribution is 2.35. The SMILES string of the molecule is Cc1ccc(-c2oc3cc(C)c(Cl)cc3c(=O)c2OC(C)C(=O)Nc2cc(C(F)(F)F)ccc2Cl)cc1. The van der Waals surface area contributed by atoms with E-state index < -0.39 is 29.2 Å². The lowest BCUT2D eigenvalue weighted by Gasteiger charge is -2.18. The smallest absolute Gasteiger partial charge is 0.416 e. The van der Waals surface area contributed by atoms with E-state index in [4.69, 9.17) is 32.4 Å². The summed E-state index contributed by atoms with van der Waals surface area (Å²) in [6, 6.07) is 12.8. The zero-order valence-corrected chi connectivity index (χ0v) is 21.3. The van der Waals surface area contributed by atoms with Crippen molar-refractivity contribution >= 4 is 45.8 Å². The highest BCUT2D eigenvalue weighted by molar-refractivity contribution is 6.33. The van der Waals surface area contributed by atoms with E-state index in [0.717, 1.165) is 23.8 Å². The number of ether oxygens (including phenoxy) is 1. The van der Waals surface area contributed by atoms with Gasteiger partial charge in [-0.3, -0.25) is 9.59 Å². The summed E-state index contributed by atoms with van der Waals surface area (Å²) in [5.41, 5.74) is 0.696. The molecule has 1 unspecified atom stereocenters. The summed E-state index contributed by atoms with van der Waals surface area (Å²) in [5, 5.41) is 2.73. The van der Waals surface area contributed by atoms with Gasteiger partial charge in [0.15, 0.2) is 11.9 Å². The van der Waals surface area contributed by atoms with Crippen LogP contribution in [0.4, 0.5) is 18.9 Å². The molecule has 0 aliphatic carbocycles. The number of aryl methyl sites for hydroxylation is 2. The fourth-order valence-electron chi connectivity index (χ4n) is 3.56. The molecule has 10 heteroatoms. The van der Waals surface area contributed by atoms with E-state index >= 15 is 0 Å². The van der Waals surface area contributed by atoms with E-state index in [9.17, 15) is 22.8 Å². The summed E-state index contributed by atoms with van der Waals surface area (Å²) in [6.45, 7) is 5.01. The van der Waals surface area contributed by atoms with Gasteiger partial charge in [0, 0.05) is 10.6 Å². The third-order valence-corrected chi connectivity index (χ3v) is 6.40. The number of fused-ring (bicyclic) bond motifs is 1. The molecule has 0 saturated heterocycles. The van der Waals surface area contributed by atoms with E-state index in [-0.39, 0.29) is 33.2 Å². The fourth-order valence-corrected chi connectivity index (χ4v) is 3.89. The minimum absolute atomic E-state index is 0.0934. The maximum Gasteiger partial charge on any atom is 0.416 e. The van der Waals surface area contributed by atoms with Crippen molar-refractivity contribution in [3.05, 3.63) is 91.6 Å². The van der Waals surface area contributed by atoms with Crippen LogP contribution in [0.15, 0.2) is 63.8 Å². The Balaban J connectivity index is 1.74. The van der Waals surface area contributed by atoms with Crippen molar-refractivity contribution in [1.82, 2.24) is 0 Å². The van der Waals surface area contributed by atoms with Gasteiger partial charge in [0.1, 0.15) is 5.58 Å². The van der Waals surface area contributed by atoms with Gasteiger partial charge in [0.2, 0.25) is 11.2 Å². The molecular formula is C27H20Cl2F3NO4. The molecule has 1 N–H and O–H groups in total. The molecular weight excluding hydrogens is 530 g/mol. The second kappa shape index (κ2) is 10.1. The number of amides is 1. The van der Waals surface area contributed by atoms with Crippen LogP contribution in [-0.4, -0.2) is 12.0 Å². The Bertz CT molecular complexity index is 1560. The average molecular weight is 550 g/mol. The monoisotopic (exact) mass is 549 g/mol. The minimum Gasteiger partial charge on any atom is -0.473 e. The van der Waals surface area contributed by atoms with Gasteiger partial charge in [0.05, 0.1) is 21.7 Å². The fraction of sp³-hybridized carbons (Fsp3) is 0.185. The number of anilines is 1. The quantitative estimate of drug-likeness (QED) is 0.275. The Morgan fingerprint density at radius 3 is 2.32 bits per heavy atom. The van der Waals surface area contributed by atoms with Crippen molar-refractivity contribution in [2.75, 3.05) is 5.32 Å². The molecule has 1 aromatic heterocycles. The van der Waals surface area contributed by atoms with Crippen LogP contribution in [0, 0.1) is 13.8 Å². The van der Waals surface area contributed by atoms with Gasteiger partial charge in [-0.2, -0.15) is 13.2 Å². The summed E-state index contributed by atoms with van der Waals surface area (Å²) < 4.78 is 51.1. The lowest BCUT2D eigenvalue weighted by Crippen LogP contribution is -2.32. The first-order valence-electron chi connectivity index (χ1n) is 11.0. The van der Waals surface area contributed by atoms with Crippen LogP contribution >= 0.6 is 23.2 Å². The maximum absolute atomic E-state index is 13.5. The Morgan fingerprint density at radius 1 is 1.00 bits per heavy atom. The number of carbonyl (C=O) groups is 1. The normalized spacial score (nSPS) is 12.4. The number of carbonyl (C=O) groups excluding carboxylic acids is 1. The molecule has 4 aromatic rings. The van der Waals surface area contributed by atoms with Crippen molar-refractivity contribution in [2.45, 2.75) is 33.1 Å². The van der Waals surface area contributed by atoms with Crippen LogP contribution in [0.3, 0.4) is 0 Å². The molecule has 0 bridgehead atoms. The van der Waals surface area contributed by atoms with Gasteiger partial charge in [-0.1, -0.05) is 53.0 Å². The largest absolute Gasteiger partial charge is 0.473 e. The van der Waals surface area contributed by atoms with Gasteiger partial charge in [-0.05, 0) is 56.7 Å². The Morgan fingerprint density at radius 2 is 1.68 bits per heavy atom. The molecule has 0 aliphatic rings. The molecule has 1 amide bonds. The van der Waals surface area contributed by atoms with Gasteiger partial charge in [-0.25, -0.2) is 0 Å². The highest BCUT2D eigenvalue weighted by Gasteiger charge is 2.31. The summed E-state index contributed by atoms with van der Waals surface area (Å²) >= 11 is 12.2. The summed E-state index contributed by atoms with van der Waals surface area (Å²) in [6.07, 6.45) is -5.94. The highest BCUT2D eigenvalue weighted by atomic mass is 35.5. The summed E-state index contributed by atoms with van der Waals surface area (Å²) in [5.74, 6) is -0.970. The molecule has 0 spiro atoms. The van der Waals surface area contributed by atoms with E-state index in [1.807, 2.05) is 19.1 Å². The third kappa shape index (κ3) is 5.60. The predicted molar refractivity (Wildman–Crippen MR) is 138 cm³/mol. The lowest BCUT2D eigenvalue weighted by atomic mass is 10.1. The van der Waals surface area contributed by atoms with E-state index in [0.29, 0.717) is 16.1 Å². The first kappa shape index (κ1) is 26.6. The van der Waals surface area contributed by atoms with Gasteiger partial charge < -0.3 is 14.5 Å². The third-order valence-electron chi connectivity index (χ3n) is 5.66. The molecule has 0 radical (unpaired) electrons. The van der Waals surface area contributed by atoms with E-state index in [1.54, 1.807) is 25.1 Å². The summed E-state index contributed by atoms with van der Waals surface area (Å²) in [7, 11) is 0. The lowest BCUT2D eigenvalue weighted by molar-refractivity contribution is -0.137. The van der Waals surface area contributed by atoms with E-state index in [1.165, 1.54) is 13.0 Å².